The third-order valence-electron chi connectivity index (χ3n) is 3.42. The molecule has 4 N–H and O–H groups in total. The van der Waals surface area contributed by atoms with Crippen molar-refractivity contribution in [3.63, 3.8) is 0 Å². The number of hydrogen-bond acceptors (Lipinski definition) is 9. The van der Waals surface area contributed by atoms with E-state index < -0.39 is 5.91 Å². The van der Waals surface area contributed by atoms with Crippen LogP contribution in [0.1, 0.15) is 28.7 Å². The number of hydrazone groups is 1. The molecule has 0 unspecified atom stereocenters. The molecule has 0 aliphatic rings. The summed E-state index contributed by atoms with van der Waals surface area (Å²) in [5.74, 6) is -0.548. The van der Waals surface area contributed by atoms with Crippen molar-refractivity contribution >= 4 is 29.5 Å². The van der Waals surface area contributed by atoms with E-state index in [0.717, 1.165) is 5.56 Å². The van der Waals surface area contributed by atoms with Crippen LogP contribution in [0, 0.1) is 6.92 Å². The molecule has 0 fully saturated rings. The first-order chi connectivity index (χ1) is 13.0. The summed E-state index contributed by atoms with van der Waals surface area (Å²) in [6.07, 6.45) is 1.45. The lowest BCUT2D eigenvalue weighted by atomic mass is 10.2. The van der Waals surface area contributed by atoms with E-state index in [1.807, 2.05) is 0 Å². The first-order valence-corrected chi connectivity index (χ1v) is 7.67. The van der Waals surface area contributed by atoms with Gasteiger partial charge in [-0.2, -0.15) is 9.78 Å². The summed E-state index contributed by atoms with van der Waals surface area (Å²) in [4.78, 5) is 23.2. The average Bonchev–Trinajstić information content (AvgIpc) is 3.21. The molecule has 0 atom stereocenters. The molecule has 0 radical (unpaired) electrons. The highest BCUT2D eigenvalue weighted by atomic mass is 16.6. The second-order valence-electron chi connectivity index (χ2n) is 5.41. The van der Waals surface area contributed by atoms with E-state index in [0.29, 0.717) is 11.4 Å². The molecule has 3 rings (SSSR count). The fraction of sp³-hybridized carbons (Fsp3) is 0.133. The van der Waals surface area contributed by atoms with E-state index in [1.54, 1.807) is 31.2 Å². The zero-order valence-corrected chi connectivity index (χ0v) is 14.4. The van der Waals surface area contributed by atoms with E-state index in [2.05, 4.69) is 41.1 Å². The van der Waals surface area contributed by atoms with Gasteiger partial charge in [-0.15, -0.1) is 5.10 Å². The summed E-state index contributed by atoms with van der Waals surface area (Å²) in [7, 11) is 0. The minimum atomic E-state index is -0.556. The number of nitrogens with one attached hydrogen (secondary N) is 2. The first kappa shape index (κ1) is 17.7. The predicted molar refractivity (Wildman–Crippen MR) is 94.2 cm³/mol. The normalized spacial score (nSPS) is 10.9. The topological polar surface area (TPSA) is 166 Å². The van der Waals surface area contributed by atoms with Crippen LogP contribution in [0.15, 0.2) is 34.0 Å². The third-order valence-corrected chi connectivity index (χ3v) is 3.42. The molecule has 2 aromatic heterocycles. The number of hydrogen-bond donors (Lipinski definition) is 3. The third kappa shape index (κ3) is 3.95. The first-order valence-electron chi connectivity index (χ1n) is 7.67. The molecule has 0 bridgehead atoms. The average molecular weight is 369 g/mol. The Morgan fingerprint density at radius 2 is 2.00 bits per heavy atom. The van der Waals surface area contributed by atoms with Crippen LogP contribution < -0.4 is 16.5 Å². The Hall–Kier alpha value is -4.09. The van der Waals surface area contributed by atoms with Crippen LogP contribution in [-0.4, -0.2) is 43.3 Å². The molecule has 0 saturated carbocycles. The van der Waals surface area contributed by atoms with E-state index in [4.69, 9.17) is 5.73 Å². The van der Waals surface area contributed by atoms with Crippen LogP contribution >= 0.6 is 0 Å². The second kappa shape index (κ2) is 7.43. The zero-order valence-electron chi connectivity index (χ0n) is 14.4. The summed E-state index contributed by atoms with van der Waals surface area (Å²) < 4.78 is 5.75. The van der Waals surface area contributed by atoms with Gasteiger partial charge in [0.05, 0.1) is 11.9 Å². The van der Waals surface area contributed by atoms with Crippen molar-refractivity contribution in [2.75, 3.05) is 11.1 Å². The Morgan fingerprint density at radius 1 is 1.26 bits per heavy atom. The predicted octanol–water partition coefficient (Wildman–Crippen LogP) is 0.263. The fourth-order valence-electron chi connectivity index (χ4n) is 2.15. The summed E-state index contributed by atoms with van der Waals surface area (Å²) >= 11 is 0. The summed E-state index contributed by atoms with van der Waals surface area (Å²) in [5.41, 5.74) is 9.81. The second-order valence-corrected chi connectivity index (χ2v) is 5.41. The summed E-state index contributed by atoms with van der Waals surface area (Å²) in [5, 5.41) is 21.2. The van der Waals surface area contributed by atoms with Crippen molar-refractivity contribution in [2.45, 2.75) is 13.8 Å². The minimum absolute atomic E-state index is 0.0238. The molecule has 2 amide bonds. The number of carbonyl (C=O) groups excluding carboxylic acids is 2. The molecule has 0 aliphatic carbocycles. The van der Waals surface area contributed by atoms with Gasteiger partial charge in [0.15, 0.2) is 5.69 Å². The molecule has 0 saturated heterocycles. The van der Waals surface area contributed by atoms with Crippen LogP contribution in [0.4, 0.5) is 11.5 Å². The van der Waals surface area contributed by atoms with Gasteiger partial charge >= 0.3 is 0 Å². The van der Waals surface area contributed by atoms with Crippen LogP contribution in [-0.2, 0) is 4.79 Å². The summed E-state index contributed by atoms with van der Waals surface area (Å²) in [6, 6.07) is 6.92. The van der Waals surface area contributed by atoms with Gasteiger partial charge in [-0.05, 0) is 34.9 Å². The Morgan fingerprint density at radius 3 is 2.63 bits per heavy atom. The number of nitrogen functional groups attached to an aromatic ring is 1. The SMILES string of the molecule is CC(=O)Nc1ccc(/C=N/NC(=O)c2nnn(-c3nonc3N)c2C)cc1. The van der Waals surface area contributed by atoms with E-state index >= 15 is 0 Å². The lowest BCUT2D eigenvalue weighted by molar-refractivity contribution is -0.114. The van der Waals surface area contributed by atoms with Crippen molar-refractivity contribution < 1.29 is 14.2 Å². The van der Waals surface area contributed by atoms with Crippen LogP contribution in [0.2, 0.25) is 0 Å². The number of nitrogens with zero attached hydrogens (tertiary/aromatic N) is 6. The Labute approximate surface area is 152 Å². The Balaban J connectivity index is 1.66. The molecular weight excluding hydrogens is 354 g/mol. The highest BCUT2D eigenvalue weighted by molar-refractivity contribution is 5.94. The monoisotopic (exact) mass is 369 g/mol. The smallest absolute Gasteiger partial charge is 0.293 e. The lowest BCUT2D eigenvalue weighted by Crippen LogP contribution is -2.19. The quantitative estimate of drug-likeness (QED) is 0.425. The van der Waals surface area contributed by atoms with Crippen molar-refractivity contribution in [1.82, 2.24) is 30.7 Å². The van der Waals surface area contributed by atoms with Gasteiger partial charge in [0, 0.05) is 12.6 Å². The van der Waals surface area contributed by atoms with Crippen molar-refractivity contribution in [1.29, 1.82) is 0 Å². The van der Waals surface area contributed by atoms with Crippen molar-refractivity contribution in [2.24, 2.45) is 5.10 Å². The Kier molecular flexibility index (Phi) is 4.88. The number of benzene rings is 1. The van der Waals surface area contributed by atoms with Gasteiger partial charge in [0.1, 0.15) is 0 Å². The molecule has 138 valence electrons. The van der Waals surface area contributed by atoms with Crippen LogP contribution in [0.25, 0.3) is 5.82 Å². The molecule has 12 nitrogen and oxygen atoms in total. The van der Waals surface area contributed by atoms with Gasteiger partial charge in [0.25, 0.3) is 5.91 Å². The standard InChI is InChI=1S/C15H15N9O3/c1-8-12(19-23-24(8)14-13(16)21-27-22-14)15(26)20-17-7-10-3-5-11(6-4-10)18-9(2)25/h3-7H,1-2H3,(H2,16,21)(H,18,25)(H,20,26)/b17-7+. The van der Waals surface area contributed by atoms with Crippen LogP contribution in [0.5, 0.6) is 0 Å². The largest absolute Gasteiger partial charge is 0.378 e. The van der Waals surface area contributed by atoms with Gasteiger partial charge in [-0.25, -0.2) is 10.1 Å². The minimum Gasteiger partial charge on any atom is -0.378 e. The highest BCUT2D eigenvalue weighted by Gasteiger charge is 2.20. The number of amides is 2. The van der Waals surface area contributed by atoms with E-state index in [-0.39, 0.29) is 23.2 Å². The number of aromatic nitrogens is 5. The number of nitrogens with two attached hydrogens (primary N) is 1. The molecule has 1 aromatic carbocycles. The molecule has 2 heterocycles. The van der Waals surface area contributed by atoms with Gasteiger partial charge in [-0.3, -0.25) is 9.59 Å². The van der Waals surface area contributed by atoms with Crippen molar-refractivity contribution in [3.05, 3.63) is 41.2 Å². The number of carbonyl (C=O) groups is 2. The maximum atomic E-state index is 12.2. The van der Waals surface area contributed by atoms with Gasteiger partial charge in [0.2, 0.25) is 17.5 Å². The van der Waals surface area contributed by atoms with Gasteiger partial charge in [-0.1, -0.05) is 17.3 Å². The maximum Gasteiger partial charge on any atom is 0.293 e. The van der Waals surface area contributed by atoms with E-state index in [1.165, 1.54) is 17.8 Å². The zero-order chi connectivity index (χ0) is 19.4. The van der Waals surface area contributed by atoms with Crippen LogP contribution in [0.3, 0.4) is 0 Å². The van der Waals surface area contributed by atoms with E-state index in [9.17, 15) is 9.59 Å². The highest BCUT2D eigenvalue weighted by Crippen LogP contribution is 2.14. The lowest BCUT2D eigenvalue weighted by Gasteiger charge is -2.01. The molecule has 0 aliphatic heterocycles. The maximum absolute atomic E-state index is 12.2. The van der Waals surface area contributed by atoms with Crippen molar-refractivity contribution in [3.8, 4) is 5.82 Å². The molecule has 12 heteroatoms. The molecule has 0 spiro atoms. The molecule has 27 heavy (non-hydrogen) atoms. The number of anilines is 2. The van der Waals surface area contributed by atoms with Gasteiger partial charge < -0.3 is 11.1 Å². The number of rotatable bonds is 5. The molecular formula is C15H15N9O3. The Bertz CT molecular complexity index is 1000. The molecule has 3 aromatic rings. The fourth-order valence-corrected chi connectivity index (χ4v) is 2.15. The summed E-state index contributed by atoms with van der Waals surface area (Å²) in [6.45, 7) is 3.05.